The van der Waals surface area contributed by atoms with Crippen molar-refractivity contribution in [2.45, 2.75) is 39.2 Å². The fourth-order valence-electron chi connectivity index (χ4n) is 2.76. The van der Waals surface area contributed by atoms with E-state index < -0.39 is 0 Å². The van der Waals surface area contributed by atoms with Crippen molar-refractivity contribution < 1.29 is 4.79 Å². The van der Waals surface area contributed by atoms with Gasteiger partial charge < -0.3 is 11.5 Å². The second-order valence-electron chi connectivity index (χ2n) is 5.28. The van der Waals surface area contributed by atoms with Crippen molar-refractivity contribution >= 4 is 5.91 Å². The van der Waals surface area contributed by atoms with Gasteiger partial charge in [0.15, 0.2) is 0 Å². The third-order valence-electron chi connectivity index (χ3n) is 3.35. The maximum absolute atomic E-state index is 11.1. The lowest BCUT2D eigenvalue weighted by molar-refractivity contribution is -0.120. The topological polar surface area (TPSA) is 72.3 Å². The molecule has 2 atom stereocenters. The summed E-state index contributed by atoms with van der Waals surface area (Å²) in [6.45, 7) is 6.36. The van der Waals surface area contributed by atoms with Gasteiger partial charge in [-0.2, -0.15) is 0 Å². The normalized spacial score (nSPS) is 25.6. The molecule has 1 rings (SSSR count). The van der Waals surface area contributed by atoms with Crippen molar-refractivity contribution in [3.63, 3.8) is 0 Å². The molecule has 1 amide bonds. The number of hydrogen-bond acceptors (Lipinski definition) is 3. The highest BCUT2D eigenvalue weighted by Gasteiger charge is 2.31. The molecule has 1 fully saturated rings. The third-order valence-corrected chi connectivity index (χ3v) is 3.35. The van der Waals surface area contributed by atoms with E-state index in [1.54, 1.807) is 0 Å². The van der Waals surface area contributed by atoms with E-state index in [2.05, 4.69) is 18.7 Å². The van der Waals surface area contributed by atoms with Crippen LogP contribution in [0.4, 0.5) is 0 Å². The Kier molecular flexibility index (Phi) is 5.22. The monoisotopic (exact) mass is 227 g/mol. The maximum atomic E-state index is 11.1. The predicted octanol–water partition coefficient (Wildman–Crippen LogP) is 0.557. The minimum absolute atomic E-state index is 0.233. The van der Waals surface area contributed by atoms with Crippen molar-refractivity contribution in [1.29, 1.82) is 0 Å². The summed E-state index contributed by atoms with van der Waals surface area (Å²) in [5.74, 6) is 0.861. The summed E-state index contributed by atoms with van der Waals surface area (Å²) in [5.41, 5.74) is 11.1. The van der Waals surface area contributed by atoms with Gasteiger partial charge in [0.1, 0.15) is 0 Å². The fraction of sp³-hybridized carbons (Fsp3) is 0.917. The molecule has 0 heterocycles. The summed E-state index contributed by atoms with van der Waals surface area (Å²) in [6.07, 6.45) is 3.57. The first-order chi connectivity index (χ1) is 7.54. The molecule has 4 heteroatoms. The van der Waals surface area contributed by atoms with E-state index in [0.717, 1.165) is 19.5 Å². The van der Waals surface area contributed by atoms with Crippen LogP contribution >= 0.6 is 0 Å². The van der Waals surface area contributed by atoms with E-state index in [0.29, 0.717) is 24.4 Å². The molecule has 16 heavy (non-hydrogen) atoms. The van der Waals surface area contributed by atoms with Gasteiger partial charge in [0.05, 0.1) is 6.54 Å². The van der Waals surface area contributed by atoms with Crippen LogP contribution in [-0.4, -0.2) is 36.5 Å². The number of hydrogen-bond donors (Lipinski definition) is 2. The molecule has 1 saturated carbocycles. The molecular formula is C12H25N3O. The van der Waals surface area contributed by atoms with Crippen molar-refractivity contribution in [3.05, 3.63) is 0 Å². The Hall–Kier alpha value is -0.610. The summed E-state index contributed by atoms with van der Waals surface area (Å²) in [7, 11) is 0. The molecule has 0 radical (unpaired) electrons. The van der Waals surface area contributed by atoms with Gasteiger partial charge in [0.25, 0.3) is 0 Å². The van der Waals surface area contributed by atoms with Crippen LogP contribution in [0.2, 0.25) is 0 Å². The third kappa shape index (κ3) is 3.76. The molecule has 1 aliphatic rings. The Balaban J connectivity index is 2.62. The maximum Gasteiger partial charge on any atom is 0.231 e. The molecule has 0 aromatic carbocycles. The van der Waals surface area contributed by atoms with E-state index in [1.165, 1.54) is 12.8 Å². The van der Waals surface area contributed by atoms with E-state index in [1.807, 2.05) is 0 Å². The molecule has 2 unspecified atom stereocenters. The Morgan fingerprint density at radius 3 is 2.62 bits per heavy atom. The molecule has 0 aromatic rings. The second kappa shape index (κ2) is 6.21. The Morgan fingerprint density at radius 2 is 2.12 bits per heavy atom. The molecule has 94 valence electrons. The SMILES string of the molecule is CC(C)CN(CC(N)=O)C1CCCC1CN. The second-order valence-corrected chi connectivity index (χ2v) is 5.28. The van der Waals surface area contributed by atoms with Gasteiger partial charge in [-0.05, 0) is 31.2 Å². The molecular weight excluding hydrogens is 202 g/mol. The van der Waals surface area contributed by atoms with Gasteiger partial charge in [0, 0.05) is 12.6 Å². The van der Waals surface area contributed by atoms with E-state index >= 15 is 0 Å². The van der Waals surface area contributed by atoms with Crippen LogP contribution < -0.4 is 11.5 Å². The zero-order valence-electron chi connectivity index (χ0n) is 10.5. The van der Waals surface area contributed by atoms with Crippen LogP contribution in [0.25, 0.3) is 0 Å². The van der Waals surface area contributed by atoms with Gasteiger partial charge in [-0.15, -0.1) is 0 Å². The smallest absolute Gasteiger partial charge is 0.231 e. The summed E-state index contributed by atoms with van der Waals surface area (Å²) in [5, 5.41) is 0. The zero-order chi connectivity index (χ0) is 12.1. The quantitative estimate of drug-likeness (QED) is 0.696. The summed E-state index contributed by atoms with van der Waals surface area (Å²) < 4.78 is 0. The van der Waals surface area contributed by atoms with Crippen molar-refractivity contribution in [3.8, 4) is 0 Å². The van der Waals surface area contributed by atoms with Crippen LogP contribution in [0.15, 0.2) is 0 Å². The Morgan fingerprint density at radius 1 is 1.44 bits per heavy atom. The number of nitrogens with zero attached hydrogens (tertiary/aromatic N) is 1. The lowest BCUT2D eigenvalue weighted by atomic mass is 10.0. The molecule has 4 nitrogen and oxygen atoms in total. The van der Waals surface area contributed by atoms with Crippen molar-refractivity contribution in [2.75, 3.05) is 19.6 Å². The molecule has 0 bridgehead atoms. The number of nitrogens with two attached hydrogens (primary N) is 2. The fourth-order valence-corrected chi connectivity index (χ4v) is 2.76. The lowest BCUT2D eigenvalue weighted by Gasteiger charge is -2.33. The highest BCUT2D eigenvalue weighted by atomic mass is 16.1. The van der Waals surface area contributed by atoms with Crippen LogP contribution in [0.5, 0.6) is 0 Å². The Bertz CT molecular complexity index is 230. The van der Waals surface area contributed by atoms with Crippen LogP contribution in [-0.2, 0) is 4.79 Å². The minimum atomic E-state index is -0.233. The van der Waals surface area contributed by atoms with Crippen molar-refractivity contribution in [2.24, 2.45) is 23.3 Å². The van der Waals surface area contributed by atoms with Crippen LogP contribution in [0, 0.1) is 11.8 Å². The standard InChI is InChI=1S/C12H25N3O/c1-9(2)7-15(8-12(14)16)11-5-3-4-10(11)6-13/h9-11H,3-8,13H2,1-2H3,(H2,14,16). The van der Waals surface area contributed by atoms with Crippen LogP contribution in [0.3, 0.4) is 0 Å². The molecule has 1 aliphatic carbocycles. The molecule has 4 N–H and O–H groups in total. The molecule has 0 spiro atoms. The Labute approximate surface area is 98.3 Å². The predicted molar refractivity (Wildman–Crippen MR) is 65.8 cm³/mol. The number of carbonyl (C=O) groups excluding carboxylic acids is 1. The number of carbonyl (C=O) groups is 1. The van der Waals surface area contributed by atoms with E-state index in [-0.39, 0.29) is 5.91 Å². The average Bonchev–Trinajstić information content (AvgIpc) is 2.62. The zero-order valence-corrected chi connectivity index (χ0v) is 10.5. The number of amides is 1. The summed E-state index contributed by atoms with van der Waals surface area (Å²) in [6, 6.07) is 0.458. The molecule has 0 aliphatic heterocycles. The summed E-state index contributed by atoms with van der Waals surface area (Å²) >= 11 is 0. The van der Waals surface area contributed by atoms with Gasteiger partial charge in [0.2, 0.25) is 5.91 Å². The lowest BCUT2D eigenvalue weighted by Crippen LogP contribution is -2.46. The van der Waals surface area contributed by atoms with Crippen LogP contribution in [0.1, 0.15) is 33.1 Å². The molecule has 0 aromatic heterocycles. The van der Waals surface area contributed by atoms with Gasteiger partial charge in [-0.25, -0.2) is 0 Å². The minimum Gasteiger partial charge on any atom is -0.369 e. The van der Waals surface area contributed by atoms with E-state index in [4.69, 9.17) is 11.5 Å². The largest absolute Gasteiger partial charge is 0.369 e. The first kappa shape index (κ1) is 13.5. The van der Waals surface area contributed by atoms with E-state index in [9.17, 15) is 4.79 Å². The number of primary amides is 1. The average molecular weight is 227 g/mol. The first-order valence-corrected chi connectivity index (χ1v) is 6.27. The highest BCUT2D eigenvalue weighted by Crippen LogP contribution is 2.29. The van der Waals surface area contributed by atoms with Gasteiger partial charge in [-0.3, -0.25) is 9.69 Å². The summed E-state index contributed by atoms with van der Waals surface area (Å²) in [4.78, 5) is 13.3. The van der Waals surface area contributed by atoms with Gasteiger partial charge >= 0.3 is 0 Å². The first-order valence-electron chi connectivity index (χ1n) is 6.27. The highest BCUT2D eigenvalue weighted by molar-refractivity contribution is 5.75. The number of rotatable bonds is 6. The molecule has 0 saturated heterocycles. The van der Waals surface area contributed by atoms with Gasteiger partial charge in [-0.1, -0.05) is 20.3 Å². The van der Waals surface area contributed by atoms with Crippen molar-refractivity contribution in [1.82, 2.24) is 4.90 Å².